The molecule has 1 aliphatic carbocycles. The second-order valence-corrected chi connectivity index (χ2v) is 15.8. The zero-order chi connectivity index (χ0) is 41.5. The maximum Gasteiger partial charge on any atom is 0.416 e. The summed E-state index contributed by atoms with van der Waals surface area (Å²) in [7, 11) is 0. The molecule has 2 atom stereocenters. The lowest BCUT2D eigenvalue weighted by Gasteiger charge is -2.31. The van der Waals surface area contributed by atoms with E-state index < -0.39 is 36.4 Å². The quantitative estimate of drug-likeness (QED) is 0.155. The van der Waals surface area contributed by atoms with Crippen LogP contribution in [0.4, 0.5) is 26.3 Å². The van der Waals surface area contributed by atoms with Crippen LogP contribution in [0.5, 0.6) is 0 Å². The number of alkyl halides is 6. The van der Waals surface area contributed by atoms with Crippen LogP contribution in [0.25, 0.3) is 71.6 Å². The highest BCUT2D eigenvalue weighted by atomic mass is 19.4. The molecule has 2 unspecified atom stereocenters. The molecule has 10 rings (SSSR count). The summed E-state index contributed by atoms with van der Waals surface area (Å²) in [6, 6.07) is 44.1. The van der Waals surface area contributed by atoms with Crippen LogP contribution in [0.15, 0.2) is 167 Å². The van der Waals surface area contributed by atoms with E-state index in [-0.39, 0.29) is 12.0 Å². The minimum atomic E-state index is -4.99. The van der Waals surface area contributed by atoms with Crippen molar-refractivity contribution in [3.05, 3.63) is 173 Å². The van der Waals surface area contributed by atoms with Gasteiger partial charge in [0.25, 0.3) is 0 Å². The Balaban J connectivity index is 1.23. The van der Waals surface area contributed by atoms with Crippen LogP contribution < -0.4 is 0 Å². The number of dihydropyridines is 1. The first-order chi connectivity index (χ1) is 28.8. The molecule has 1 aliphatic heterocycles. The second kappa shape index (κ2) is 14.0. The van der Waals surface area contributed by atoms with Crippen LogP contribution in [0.2, 0.25) is 0 Å². The normalized spacial score (nSPS) is 17.6. The van der Waals surface area contributed by atoms with Gasteiger partial charge in [0.2, 0.25) is 0 Å². The van der Waals surface area contributed by atoms with E-state index in [1.54, 1.807) is 6.21 Å². The van der Waals surface area contributed by atoms with Gasteiger partial charge in [-0.3, -0.25) is 4.99 Å². The second-order valence-electron chi connectivity index (χ2n) is 15.8. The van der Waals surface area contributed by atoms with Crippen molar-refractivity contribution < 1.29 is 26.3 Å². The molecule has 298 valence electrons. The van der Waals surface area contributed by atoms with Crippen molar-refractivity contribution in [2.75, 3.05) is 0 Å². The van der Waals surface area contributed by atoms with Crippen LogP contribution in [0, 0.1) is 19.8 Å². The Hall–Kier alpha value is -6.61. The Morgan fingerprint density at radius 2 is 1.10 bits per heavy atom. The minimum absolute atomic E-state index is 0.0133. The van der Waals surface area contributed by atoms with Crippen LogP contribution in [-0.2, 0) is 0 Å². The number of hydrogen-bond acceptors (Lipinski definition) is 1. The van der Waals surface area contributed by atoms with Crippen molar-refractivity contribution in [3.8, 4) is 22.3 Å². The third-order valence-electron chi connectivity index (χ3n) is 12.2. The van der Waals surface area contributed by atoms with Gasteiger partial charge in [0.15, 0.2) is 0 Å². The van der Waals surface area contributed by atoms with Crippen molar-refractivity contribution in [2.24, 2.45) is 10.9 Å². The summed E-state index contributed by atoms with van der Waals surface area (Å²) in [5.41, 5.74) is 8.91. The number of hydrogen-bond donors (Lipinski definition) is 0. The maximum atomic E-state index is 14.6. The van der Waals surface area contributed by atoms with E-state index >= 15 is 0 Å². The third kappa shape index (κ3) is 6.26. The molecule has 6 aromatic carbocycles. The average molecular weight is 806 g/mol. The Labute approximate surface area is 341 Å². The van der Waals surface area contributed by atoms with Crippen molar-refractivity contribution in [3.63, 3.8) is 0 Å². The first kappa shape index (κ1) is 37.6. The highest BCUT2D eigenvalue weighted by molar-refractivity contribution is 6.17. The van der Waals surface area contributed by atoms with Gasteiger partial charge in [-0.05, 0) is 95.1 Å². The number of benzene rings is 6. The highest BCUT2D eigenvalue weighted by Crippen LogP contribution is 2.48. The lowest BCUT2D eigenvalue weighted by Crippen LogP contribution is -2.28. The minimum Gasteiger partial charge on any atom is -0.317 e. The van der Waals surface area contributed by atoms with Crippen LogP contribution in [0.3, 0.4) is 0 Å². The summed E-state index contributed by atoms with van der Waals surface area (Å²) in [6.07, 6.45) is -8.27. The molecule has 3 heterocycles. The number of rotatable bonds is 5. The number of fused-ring (bicyclic) bond motifs is 6. The molecule has 0 N–H and O–H groups in total. The van der Waals surface area contributed by atoms with Gasteiger partial charge >= 0.3 is 12.4 Å². The third-order valence-corrected chi connectivity index (χ3v) is 12.2. The van der Waals surface area contributed by atoms with E-state index in [4.69, 9.17) is 4.99 Å². The number of aliphatic imine (C=N–C) groups is 1. The smallest absolute Gasteiger partial charge is 0.317 e. The van der Waals surface area contributed by atoms with E-state index in [9.17, 15) is 26.3 Å². The Kier molecular flexibility index (Phi) is 8.79. The number of halogens is 6. The zero-order valence-corrected chi connectivity index (χ0v) is 32.6. The molecule has 9 heteroatoms. The molecular weight excluding hydrogens is 769 g/mol. The van der Waals surface area contributed by atoms with Gasteiger partial charge < -0.3 is 9.13 Å². The zero-order valence-electron chi connectivity index (χ0n) is 32.6. The number of aromatic nitrogens is 2. The van der Waals surface area contributed by atoms with Gasteiger partial charge in [-0.15, -0.1) is 0 Å². The summed E-state index contributed by atoms with van der Waals surface area (Å²) in [4.78, 5) is 5.19. The molecule has 0 saturated carbocycles. The molecular formula is C51H37F6N3. The van der Waals surface area contributed by atoms with Gasteiger partial charge in [0.05, 0.1) is 39.3 Å². The molecule has 3 nitrogen and oxygen atoms in total. The van der Waals surface area contributed by atoms with E-state index in [2.05, 4.69) is 34.9 Å². The van der Waals surface area contributed by atoms with Crippen molar-refractivity contribution in [2.45, 2.75) is 45.2 Å². The fraction of sp³-hybridized carbons (Fsp3) is 0.157. The van der Waals surface area contributed by atoms with E-state index in [1.165, 1.54) is 0 Å². The van der Waals surface area contributed by atoms with Gasteiger partial charge in [0, 0.05) is 34.2 Å². The number of aryl methyl sites for hydroxylation is 2. The molecule has 0 saturated heterocycles. The molecule has 0 amide bonds. The van der Waals surface area contributed by atoms with Gasteiger partial charge in [0.1, 0.15) is 6.17 Å². The summed E-state index contributed by atoms with van der Waals surface area (Å²) < 4.78 is 91.7. The molecule has 2 aromatic heterocycles. The Bertz CT molecular complexity index is 3170. The first-order valence-electron chi connectivity index (χ1n) is 19.9. The first-order valence-corrected chi connectivity index (χ1v) is 19.9. The molecule has 0 fully saturated rings. The lowest BCUT2D eigenvalue weighted by atomic mass is 9.83. The Morgan fingerprint density at radius 1 is 0.567 bits per heavy atom. The summed E-state index contributed by atoms with van der Waals surface area (Å²) in [5.74, 6) is -2.32. The fourth-order valence-corrected chi connectivity index (χ4v) is 9.30. The molecule has 2 aliphatic rings. The van der Waals surface area contributed by atoms with Crippen LogP contribution >= 0.6 is 0 Å². The summed E-state index contributed by atoms with van der Waals surface area (Å²) in [5, 5.41) is 3.74. The van der Waals surface area contributed by atoms with Crippen LogP contribution in [-0.4, -0.2) is 27.7 Å². The molecule has 0 bridgehead atoms. The molecule has 60 heavy (non-hydrogen) atoms. The predicted octanol–water partition coefficient (Wildman–Crippen LogP) is 14.7. The summed E-state index contributed by atoms with van der Waals surface area (Å²) >= 11 is 0. The highest BCUT2D eigenvalue weighted by Gasteiger charge is 2.45. The number of nitrogens with zero attached hydrogens (tertiary/aromatic N) is 3. The van der Waals surface area contributed by atoms with Gasteiger partial charge in [-0.25, -0.2) is 0 Å². The monoisotopic (exact) mass is 805 g/mol. The van der Waals surface area contributed by atoms with E-state index in [1.807, 2.05) is 122 Å². The van der Waals surface area contributed by atoms with E-state index in [0.29, 0.717) is 17.3 Å². The fourth-order valence-electron chi connectivity index (χ4n) is 9.30. The predicted molar refractivity (Wildman–Crippen MR) is 231 cm³/mol. The van der Waals surface area contributed by atoms with Crippen LogP contribution in [0.1, 0.15) is 30.1 Å². The average Bonchev–Trinajstić information content (AvgIpc) is 3.75. The van der Waals surface area contributed by atoms with E-state index in [0.717, 1.165) is 83.1 Å². The molecule has 0 spiro atoms. The lowest BCUT2D eigenvalue weighted by molar-refractivity contribution is -0.162. The van der Waals surface area contributed by atoms with Crippen molar-refractivity contribution in [1.82, 2.24) is 9.13 Å². The van der Waals surface area contributed by atoms with Crippen molar-refractivity contribution in [1.29, 1.82) is 0 Å². The topological polar surface area (TPSA) is 22.2 Å². The van der Waals surface area contributed by atoms with Gasteiger partial charge in [-0.2, -0.15) is 26.3 Å². The number of para-hydroxylation sites is 2. The molecule has 0 radical (unpaired) electrons. The SMILES string of the molecule is Cc1ccccc1-c1ccc2c3ccccc3n(C3=C(C4=CC(C(F)(F)F)=CC(C(F)(F)F)C4)CC(n4c5ccccc5c5ccc(-c6ccccc6C)cc54)N=C3)c2c1. The number of allylic oxidation sites excluding steroid dienone is 5. The van der Waals surface area contributed by atoms with Gasteiger partial charge in [-0.1, -0.05) is 115 Å². The maximum absolute atomic E-state index is 14.6. The standard InChI is InChI=1S/C51H37F6N3/c1-30-11-3-5-13-37(30)32-19-21-41-39-15-7-9-17-44(39)59(46(41)25-32)48-29-58-49(28-43(48)34-23-35(50(52,53)54)27-36(24-34)51(55,56)57)60-45-18-10-8-16-40(45)42-22-20-33(26-47(42)60)38-14-6-4-12-31(38)2/h3-23,25-27,29,36,49H,24,28H2,1-2H3. The van der Waals surface area contributed by atoms with Crippen molar-refractivity contribution >= 4 is 55.5 Å². The summed E-state index contributed by atoms with van der Waals surface area (Å²) in [6.45, 7) is 4.08. The molecule has 8 aromatic rings. The Morgan fingerprint density at radius 3 is 1.72 bits per heavy atom. The largest absolute Gasteiger partial charge is 0.416 e.